The van der Waals surface area contributed by atoms with E-state index < -0.39 is 49.7 Å². The van der Waals surface area contributed by atoms with Gasteiger partial charge < -0.3 is 25.4 Å². The van der Waals surface area contributed by atoms with Crippen LogP contribution in [-0.2, 0) is 14.8 Å². The van der Waals surface area contributed by atoms with E-state index in [1.54, 1.807) is 0 Å². The van der Waals surface area contributed by atoms with Crippen LogP contribution in [0.4, 0.5) is 24.1 Å². The Labute approximate surface area is 254 Å². The van der Waals surface area contributed by atoms with Crippen LogP contribution >= 0.6 is 11.3 Å². The molecule has 4 N–H and O–H groups in total. The molecule has 8 rings (SSSR count). The molecular formula is C27H29F3N8O4S2. The quantitative estimate of drug-likeness (QED) is 0.373. The van der Waals surface area contributed by atoms with Crippen molar-refractivity contribution in [2.75, 3.05) is 56.6 Å². The summed E-state index contributed by atoms with van der Waals surface area (Å²) in [6, 6.07) is 1.58. The van der Waals surface area contributed by atoms with Crippen LogP contribution in [0.3, 0.4) is 0 Å². The molecule has 4 saturated heterocycles. The first-order chi connectivity index (χ1) is 21.1. The van der Waals surface area contributed by atoms with E-state index in [2.05, 4.69) is 29.9 Å². The number of nitrogen functional groups attached to an aromatic ring is 1. The number of hydrogen-bond donors (Lipinski definition) is 3. The number of nitrogens with zero attached hydrogens (tertiary/aromatic N) is 5. The Balaban J connectivity index is 1.29. The molecule has 2 unspecified atom stereocenters. The topological polar surface area (TPSA) is 148 Å². The second kappa shape index (κ2) is 10.1. The van der Waals surface area contributed by atoms with Gasteiger partial charge in [0, 0.05) is 31.6 Å². The van der Waals surface area contributed by atoms with Crippen molar-refractivity contribution in [2.45, 2.75) is 48.0 Å². The third kappa shape index (κ3) is 4.34. The third-order valence-corrected chi connectivity index (χ3v) is 11.5. The smallest absolute Gasteiger partial charge is 0.319 e. The third-order valence-electron chi connectivity index (χ3n) is 9.18. The van der Waals surface area contributed by atoms with E-state index in [1.165, 1.54) is 6.07 Å². The number of aromatic nitrogens is 3. The summed E-state index contributed by atoms with van der Waals surface area (Å²) in [5, 5.41) is 3.36. The molecule has 0 radical (unpaired) electrons. The van der Waals surface area contributed by atoms with Gasteiger partial charge in [-0.25, -0.2) is 26.6 Å². The number of nitrogens with one attached hydrogen (secondary N) is 2. The predicted molar refractivity (Wildman–Crippen MR) is 157 cm³/mol. The minimum Gasteiger partial charge on any atom is -0.461 e. The number of piperazine rings is 1. The van der Waals surface area contributed by atoms with Crippen molar-refractivity contribution >= 4 is 54.1 Å². The van der Waals surface area contributed by atoms with E-state index in [-0.39, 0.29) is 51.4 Å². The van der Waals surface area contributed by atoms with Gasteiger partial charge in [0.15, 0.2) is 21.7 Å². The monoisotopic (exact) mass is 650 g/mol. The van der Waals surface area contributed by atoms with E-state index in [9.17, 15) is 17.2 Å². The molecule has 3 aromatic rings. The Kier molecular flexibility index (Phi) is 6.50. The van der Waals surface area contributed by atoms with E-state index in [4.69, 9.17) is 15.2 Å². The lowest BCUT2D eigenvalue weighted by Crippen LogP contribution is -2.64. The zero-order chi connectivity index (χ0) is 30.4. The molecule has 7 heterocycles. The fourth-order valence-electron chi connectivity index (χ4n) is 7.29. The van der Waals surface area contributed by atoms with Crippen molar-refractivity contribution in [1.82, 2.24) is 29.9 Å². The first-order valence-corrected chi connectivity index (χ1v) is 16.7. The van der Waals surface area contributed by atoms with Crippen molar-refractivity contribution in [1.29, 1.82) is 0 Å². The summed E-state index contributed by atoms with van der Waals surface area (Å²) in [4.78, 5) is 16.5. The number of alkyl halides is 1. The highest BCUT2D eigenvalue weighted by atomic mass is 32.2. The van der Waals surface area contributed by atoms with Gasteiger partial charge in [0.2, 0.25) is 0 Å². The molecule has 0 saturated carbocycles. The van der Waals surface area contributed by atoms with Crippen molar-refractivity contribution in [3.8, 4) is 6.01 Å². The molecule has 234 valence electrons. The lowest BCUT2D eigenvalue weighted by Gasteiger charge is -2.47. The number of fused-ring (bicyclic) bond motifs is 5. The first-order valence-electron chi connectivity index (χ1n) is 14.4. The van der Waals surface area contributed by atoms with E-state index in [1.807, 2.05) is 4.90 Å². The Morgan fingerprint density at radius 3 is 2.77 bits per heavy atom. The summed E-state index contributed by atoms with van der Waals surface area (Å²) in [6.07, 6.45) is 0.955. The highest BCUT2D eigenvalue weighted by molar-refractivity contribution is 7.90. The molecule has 0 spiro atoms. The molecule has 2 bridgehead atoms. The molecule has 44 heavy (non-hydrogen) atoms. The van der Waals surface area contributed by atoms with E-state index >= 15 is 4.39 Å². The fourth-order valence-corrected chi connectivity index (χ4v) is 9.41. The second-order valence-electron chi connectivity index (χ2n) is 11.9. The van der Waals surface area contributed by atoms with E-state index in [0.717, 1.165) is 36.8 Å². The number of sulfonamides is 1. The van der Waals surface area contributed by atoms with Crippen LogP contribution < -0.4 is 25.4 Å². The summed E-state index contributed by atoms with van der Waals surface area (Å²) < 4.78 is 87.9. The molecule has 5 aliphatic rings. The van der Waals surface area contributed by atoms with Gasteiger partial charge in [0.25, 0.3) is 10.0 Å². The minimum absolute atomic E-state index is 0.00391. The van der Waals surface area contributed by atoms with Crippen LogP contribution in [0.15, 0.2) is 17.0 Å². The van der Waals surface area contributed by atoms with Gasteiger partial charge in [-0.2, -0.15) is 9.97 Å². The van der Waals surface area contributed by atoms with Gasteiger partial charge in [-0.1, -0.05) is 11.3 Å². The number of nitrogens with two attached hydrogens (primary N) is 1. The minimum atomic E-state index is -4.46. The van der Waals surface area contributed by atoms with Crippen LogP contribution in [-0.4, -0.2) is 98.1 Å². The maximum absolute atomic E-state index is 16.7. The SMILES string of the molecule is Nc1nc2c(C3=C(F)c4nc(OC[C@@]56CCCN5C[C@H](F)C6)nc(N5C6CNCC5COC6)c4S(=O)(=O)N3)ccc(F)c2s1. The summed E-state index contributed by atoms with van der Waals surface area (Å²) >= 11 is 0.871. The standard InChI is InChI=1S/C27H29F3N8O4S2/c28-13-6-27(4-1-5-37(27)9-13)12-42-26-34-21-18(30)19(16-2-3-17(29)22-20(16)33-25(31)43-22)36-44(39,40)23(21)24(35-26)38-14-7-32-8-15(38)11-41-10-14/h2-3,13-15,32,36H,1,4-12H2,(H2,31,33)/t13-,14?,15?,27+/m1/s1. The van der Waals surface area contributed by atoms with Crippen LogP contribution in [0.25, 0.3) is 21.7 Å². The maximum Gasteiger partial charge on any atom is 0.319 e. The Morgan fingerprint density at radius 1 is 1.18 bits per heavy atom. The molecule has 5 aliphatic heterocycles. The fraction of sp³-hybridized carbons (Fsp3) is 0.519. The number of anilines is 2. The zero-order valence-electron chi connectivity index (χ0n) is 23.4. The molecule has 2 aromatic heterocycles. The van der Waals surface area contributed by atoms with Crippen LogP contribution in [0.1, 0.15) is 30.5 Å². The largest absolute Gasteiger partial charge is 0.461 e. The highest BCUT2D eigenvalue weighted by Crippen LogP contribution is 2.44. The van der Waals surface area contributed by atoms with Crippen molar-refractivity contribution in [3.63, 3.8) is 0 Å². The number of morpholine rings is 1. The average Bonchev–Trinajstić information content (AvgIpc) is 3.65. The predicted octanol–water partition coefficient (Wildman–Crippen LogP) is 2.03. The summed E-state index contributed by atoms with van der Waals surface area (Å²) in [5.74, 6) is -1.61. The number of hydrogen-bond acceptors (Lipinski definition) is 12. The van der Waals surface area contributed by atoms with Gasteiger partial charge >= 0.3 is 6.01 Å². The lowest BCUT2D eigenvalue weighted by molar-refractivity contribution is 0.0516. The van der Waals surface area contributed by atoms with Gasteiger partial charge in [-0.15, -0.1) is 0 Å². The Morgan fingerprint density at radius 2 is 1.98 bits per heavy atom. The molecule has 17 heteroatoms. The van der Waals surface area contributed by atoms with Crippen LogP contribution in [0, 0.1) is 5.82 Å². The first kappa shape index (κ1) is 28.2. The molecule has 0 aliphatic carbocycles. The zero-order valence-corrected chi connectivity index (χ0v) is 25.0. The van der Waals surface area contributed by atoms with Crippen molar-refractivity contribution in [2.24, 2.45) is 0 Å². The van der Waals surface area contributed by atoms with Gasteiger partial charge in [-0.05, 0) is 31.5 Å². The normalized spacial score (nSPS) is 29.5. The number of rotatable bonds is 5. The molecule has 1 aromatic carbocycles. The van der Waals surface area contributed by atoms with Crippen molar-refractivity contribution < 1.29 is 31.1 Å². The highest BCUT2D eigenvalue weighted by Gasteiger charge is 2.50. The molecule has 4 fully saturated rings. The lowest BCUT2D eigenvalue weighted by atomic mass is 9.95. The van der Waals surface area contributed by atoms with E-state index in [0.29, 0.717) is 39.3 Å². The molecular weight excluding hydrogens is 621 g/mol. The van der Waals surface area contributed by atoms with Gasteiger partial charge in [0.1, 0.15) is 24.3 Å². The Hall–Kier alpha value is -3.25. The average molecular weight is 651 g/mol. The van der Waals surface area contributed by atoms with Gasteiger partial charge in [0.05, 0.1) is 46.8 Å². The van der Waals surface area contributed by atoms with Crippen LogP contribution in [0.2, 0.25) is 0 Å². The number of halogens is 3. The second-order valence-corrected chi connectivity index (χ2v) is 14.6. The van der Waals surface area contributed by atoms with Gasteiger partial charge in [-0.3, -0.25) is 9.62 Å². The number of ether oxygens (including phenoxy) is 2. The Bertz CT molecular complexity index is 1800. The maximum atomic E-state index is 16.7. The van der Waals surface area contributed by atoms with Crippen molar-refractivity contribution in [3.05, 3.63) is 29.2 Å². The summed E-state index contributed by atoms with van der Waals surface area (Å²) in [6.45, 7) is 2.76. The summed E-state index contributed by atoms with van der Waals surface area (Å²) in [7, 11) is -4.46. The molecule has 4 atom stereocenters. The number of thiazole rings is 1. The number of benzene rings is 1. The summed E-state index contributed by atoms with van der Waals surface area (Å²) in [5.41, 5.74) is 4.40. The molecule has 0 amide bonds. The van der Waals surface area contributed by atoms with Crippen LogP contribution in [0.5, 0.6) is 6.01 Å². The molecule has 12 nitrogen and oxygen atoms in total.